The molecule has 0 aromatic heterocycles. The molecule has 0 fully saturated rings. The molecular formula is C14H21NO4. The third kappa shape index (κ3) is 5.18. The molecule has 1 rings (SSSR count). The highest BCUT2D eigenvalue weighted by Crippen LogP contribution is 2.26. The molecule has 0 saturated carbocycles. The number of rotatable bonds is 9. The van der Waals surface area contributed by atoms with Crippen LogP contribution in [-0.2, 0) is 4.79 Å². The number of para-hydroxylation sites is 2. The lowest BCUT2D eigenvalue weighted by atomic mass is 10.0. The van der Waals surface area contributed by atoms with Crippen LogP contribution in [-0.4, -0.2) is 31.3 Å². The second-order valence-corrected chi connectivity index (χ2v) is 4.25. The van der Waals surface area contributed by atoms with Gasteiger partial charge in [-0.1, -0.05) is 12.1 Å². The highest BCUT2D eigenvalue weighted by molar-refractivity contribution is 5.69. The molecular weight excluding hydrogens is 246 g/mol. The first-order valence-corrected chi connectivity index (χ1v) is 6.37. The van der Waals surface area contributed by atoms with Gasteiger partial charge in [-0.3, -0.25) is 4.79 Å². The molecule has 0 amide bonds. The molecule has 0 saturated heterocycles. The van der Waals surface area contributed by atoms with E-state index in [-0.39, 0.29) is 0 Å². The Morgan fingerprint density at radius 1 is 1.32 bits per heavy atom. The van der Waals surface area contributed by atoms with Gasteiger partial charge in [0.05, 0.1) is 19.6 Å². The van der Waals surface area contributed by atoms with Crippen LogP contribution < -0.4 is 15.2 Å². The van der Waals surface area contributed by atoms with Crippen molar-refractivity contribution in [3.63, 3.8) is 0 Å². The Morgan fingerprint density at radius 2 is 2.00 bits per heavy atom. The molecule has 0 aliphatic heterocycles. The van der Waals surface area contributed by atoms with Gasteiger partial charge in [0.2, 0.25) is 0 Å². The second kappa shape index (κ2) is 8.37. The van der Waals surface area contributed by atoms with Crippen LogP contribution in [0.3, 0.4) is 0 Å². The third-order valence-electron chi connectivity index (χ3n) is 2.90. The predicted octanol–water partition coefficient (Wildman–Crippen LogP) is 1.90. The van der Waals surface area contributed by atoms with E-state index in [2.05, 4.69) is 0 Å². The third-order valence-corrected chi connectivity index (χ3v) is 2.90. The van der Waals surface area contributed by atoms with Crippen LogP contribution in [0, 0.1) is 5.92 Å². The molecule has 1 aromatic carbocycles. The van der Waals surface area contributed by atoms with Crippen molar-refractivity contribution in [3.8, 4) is 11.5 Å². The van der Waals surface area contributed by atoms with Crippen molar-refractivity contribution < 1.29 is 19.4 Å². The number of hydrogen-bond donors (Lipinski definition) is 2. The first-order chi connectivity index (χ1) is 9.19. The van der Waals surface area contributed by atoms with Crippen molar-refractivity contribution in [2.24, 2.45) is 11.7 Å². The fraction of sp³-hybridized carbons (Fsp3) is 0.500. The minimum atomic E-state index is -0.794. The smallest absolute Gasteiger partial charge is 0.306 e. The Bertz CT molecular complexity index is 395. The molecule has 1 aromatic rings. The number of ether oxygens (including phenoxy) is 2. The molecule has 1 atom stereocenters. The summed E-state index contributed by atoms with van der Waals surface area (Å²) < 4.78 is 10.7. The largest absolute Gasteiger partial charge is 0.493 e. The minimum Gasteiger partial charge on any atom is -0.493 e. The molecule has 0 spiro atoms. The lowest BCUT2D eigenvalue weighted by Crippen LogP contribution is -2.18. The lowest BCUT2D eigenvalue weighted by molar-refractivity contribution is -0.142. The highest BCUT2D eigenvalue weighted by atomic mass is 16.5. The van der Waals surface area contributed by atoms with Gasteiger partial charge in [0.15, 0.2) is 11.5 Å². The maximum atomic E-state index is 11.0. The number of benzene rings is 1. The van der Waals surface area contributed by atoms with Crippen LogP contribution >= 0.6 is 0 Å². The molecule has 0 aliphatic carbocycles. The molecule has 1 unspecified atom stereocenters. The summed E-state index contributed by atoms with van der Waals surface area (Å²) in [7, 11) is 1.57. The standard InChI is InChI=1S/C14H21NO4/c1-18-12-6-2-3-7-13(12)19-10-8-11(14(16)17)5-4-9-15/h2-3,6-7,11H,4-5,8-10,15H2,1H3,(H,16,17). The van der Waals surface area contributed by atoms with Crippen molar-refractivity contribution >= 4 is 5.97 Å². The van der Waals surface area contributed by atoms with E-state index in [0.29, 0.717) is 43.9 Å². The van der Waals surface area contributed by atoms with E-state index in [1.807, 2.05) is 12.1 Å². The maximum absolute atomic E-state index is 11.0. The molecule has 19 heavy (non-hydrogen) atoms. The van der Waals surface area contributed by atoms with Crippen molar-refractivity contribution in [2.45, 2.75) is 19.3 Å². The molecule has 0 bridgehead atoms. The summed E-state index contributed by atoms with van der Waals surface area (Å²) in [5.41, 5.74) is 5.39. The molecule has 0 heterocycles. The summed E-state index contributed by atoms with van der Waals surface area (Å²) in [6, 6.07) is 7.31. The zero-order valence-corrected chi connectivity index (χ0v) is 11.2. The second-order valence-electron chi connectivity index (χ2n) is 4.25. The number of carbonyl (C=O) groups is 1. The van der Waals surface area contributed by atoms with Crippen molar-refractivity contribution in [3.05, 3.63) is 24.3 Å². The number of hydrogen-bond acceptors (Lipinski definition) is 4. The van der Waals surface area contributed by atoms with E-state index < -0.39 is 11.9 Å². The molecule has 0 radical (unpaired) electrons. The molecule has 106 valence electrons. The van der Waals surface area contributed by atoms with Crippen LogP contribution in [0.1, 0.15) is 19.3 Å². The fourth-order valence-electron chi connectivity index (χ4n) is 1.80. The van der Waals surface area contributed by atoms with E-state index in [1.54, 1.807) is 19.2 Å². The van der Waals surface area contributed by atoms with Gasteiger partial charge < -0.3 is 20.3 Å². The first-order valence-electron chi connectivity index (χ1n) is 6.37. The Morgan fingerprint density at radius 3 is 2.58 bits per heavy atom. The summed E-state index contributed by atoms with van der Waals surface area (Å²) in [4.78, 5) is 11.0. The van der Waals surface area contributed by atoms with Gasteiger partial charge in [0.1, 0.15) is 0 Å². The summed E-state index contributed by atoms with van der Waals surface area (Å²) in [5, 5.41) is 9.08. The maximum Gasteiger partial charge on any atom is 0.306 e. The van der Waals surface area contributed by atoms with Crippen molar-refractivity contribution in [1.82, 2.24) is 0 Å². The number of carboxylic acid groups (broad SMARTS) is 1. The van der Waals surface area contributed by atoms with Gasteiger partial charge in [-0.2, -0.15) is 0 Å². The van der Waals surface area contributed by atoms with Crippen LogP contribution in [0.4, 0.5) is 0 Å². The zero-order chi connectivity index (χ0) is 14.1. The molecule has 0 aliphatic rings. The Balaban J connectivity index is 2.45. The van der Waals surface area contributed by atoms with Gasteiger partial charge in [0, 0.05) is 0 Å². The zero-order valence-electron chi connectivity index (χ0n) is 11.2. The van der Waals surface area contributed by atoms with Gasteiger partial charge in [-0.05, 0) is 37.9 Å². The van der Waals surface area contributed by atoms with Crippen LogP contribution in [0.5, 0.6) is 11.5 Å². The molecule has 3 N–H and O–H groups in total. The lowest BCUT2D eigenvalue weighted by Gasteiger charge is -2.14. The fourth-order valence-corrected chi connectivity index (χ4v) is 1.80. The molecule has 5 nitrogen and oxygen atoms in total. The Hall–Kier alpha value is -1.75. The van der Waals surface area contributed by atoms with Crippen LogP contribution in [0.15, 0.2) is 24.3 Å². The normalized spacial score (nSPS) is 11.9. The summed E-state index contributed by atoms with van der Waals surface area (Å²) in [5.74, 6) is 0.0830. The predicted molar refractivity (Wildman–Crippen MR) is 72.5 cm³/mol. The van der Waals surface area contributed by atoms with E-state index in [9.17, 15) is 4.79 Å². The van der Waals surface area contributed by atoms with Crippen molar-refractivity contribution in [2.75, 3.05) is 20.3 Å². The summed E-state index contributed by atoms with van der Waals surface area (Å²) >= 11 is 0. The van der Waals surface area contributed by atoms with Crippen LogP contribution in [0.25, 0.3) is 0 Å². The van der Waals surface area contributed by atoms with Gasteiger partial charge in [0.25, 0.3) is 0 Å². The summed E-state index contributed by atoms with van der Waals surface area (Å²) in [6.45, 7) is 0.860. The number of carboxylic acids is 1. The molecule has 5 heteroatoms. The monoisotopic (exact) mass is 267 g/mol. The van der Waals surface area contributed by atoms with E-state index >= 15 is 0 Å². The number of aliphatic carboxylic acids is 1. The van der Waals surface area contributed by atoms with E-state index in [4.69, 9.17) is 20.3 Å². The first kappa shape index (κ1) is 15.3. The van der Waals surface area contributed by atoms with Gasteiger partial charge in [-0.25, -0.2) is 0 Å². The average Bonchev–Trinajstić information content (AvgIpc) is 2.42. The van der Waals surface area contributed by atoms with E-state index in [1.165, 1.54) is 0 Å². The Labute approximate surface area is 113 Å². The highest BCUT2D eigenvalue weighted by Gasteiger charge is 2.17. The minimum absolute atomic E-state index is 0.349. The van der Waals surface area contributed by atoms with Crippen molar-refractivity contribution in [1.29, 1.82) is 0 Å². The van der Waals surface area contributed by atoms with E-state index in [0.717, 1.165) is 0 Å². The Kier molecular flexibility index (Phi) is 6.74. The average molecular weight is 267 g/mol. The number of methoxy groups -OCH3 is 1. The SMILES string of the molecule is COc1ccccc1OCCC(CCCN)C(=O)O. The van der Waals surface area contributed by atoms with Gasteiger partial charge >= 0.3 is 5.97 Å². The number of nitrogens with two attached hydrogens (primary N) is 1. The topological polar surface area (TPSA) is 81.8 Å². The van der Waals surface area contributed by atoms with Gasteiger partial charge in [-0.15, -0.1) is 0 Å². The summed E-state index contributed by atoms with van der Waals surface area (Å²) in [6.07, 6.45) is 1.76. The van der Waals surface area contributed by atoms with Crippen LogP contribution in [0.2, 0.25) is 0 Å². The quantitative estimate of drug-likeness (QED) is 0.714.